The maximum absolute atomic E-state index is 15.3. The number of likely N-dealkylation sites (tertiary alicyclic amines) is 1. The van der Waals surface area contributed by atoms with Crippen molar-refractivity contribution in [2.24, 2.45) is 0 Å². The quantitative estimate of drug-likeness (QED) is 0.0189. The summed E-state index contributed by atoms with van der Waals surface area (Å²) in [5.74, 6) is -6.60. The number of carboxylic acid groups (broad SMARTS) is 1. The summed E-state index contributed by atoms with van der Waals surface area (Å²) in [6.07, 6.45) is -0.653. The lowest BCUT2D eigenvalue weighted by Crippen LogP contribution is -2.63. The minimum Gasteiger partial charge on any atom is -0.481 e. The zero-order chi connectivity index (χ0) is 59.7. The molecule has 436 valence electrons. The first-order chi connectivity index (χ1) is 38.6. The molecule has 21 heteroatoms. The van der Waals surface area contributed by atoms with Crippen LogP contribution in [0.5, 0.6) is 0 Å². The van der Waals surface area contributed by atoms with Crippen LogP contribution in [0, 0.1) is 0 Å². The molecular formula is C61H72N6O13S2. The van der Waals surface area contributed by atoms with E-state index in [2.05, 4.69) is 26.6 Å². The van der Waals surface area contributed by atoms with Crippen LogP contribution < -0.4 is 26.6 Å². The van der Waals surface area contributed by atoms with Crippen LogP contribution in [0.1, 0.15) is 120 Å². The normalized spacial score (nSPS) is 16.2. The second-order valence-corrected chi connectivity index (χ2v) is 25.5. The molecule has 0 radical (unpaired) electrons. The number of carboxylic acids is 1. The van der Waals surface area contributed by atoms with Gasteiger partial charge in [0, 0.05) is 42.5 Å². The van der Waals surface area contributed by atoms with E-state index in [4.69, 9.17) is 4.74 Å². The Morgan fingerprint density at radius 2 is 1.26 bits per heavy atom. The molecule has 19 nitrogen and oxygen atoms in total. The summed E-state index contributed by atoms with van der Waals surface area (Å²) in [5.41, 5.74) is -1.53. The Bertz CT molecular complexity index is 3440. The summed E-state index contributed by atoms with van der Waals surface area (Å²) >= 11 is 1.44. The lowest BCUT2D eigenvalue weighted by atomic mass is 9.94. The number of ether oxygens (including phenoxy) is 1. The topological polar surface area (TPSA) is 284 Å². The highest BCUT2D eigenvalue weighted by molar-refractivity contribution is 7.85. The second kappa shape index (κ2) is 26.0. The molecule has 5 atom stereocenters. The maximum atomic E-state index is 15.3. The molecule has 1 aliphatic heterocycles. The Morgan fingerprint density at radius 1 is 0.683 bits per heavy atom. The predicted octanol–water partition coefficient (Wildman–Crippen LogP) is 7.31. The summed E-state index contributed by atoms with van der Waals surface area (Å²) < 4.78 is 39.5. The number of hydrogen-bond donors (Lipinski definition) is 7. The van der Waals surface area contributed by atoms with Gasteiger partial charge in [0.25, 0.3) is 16.0 Å². The molecule has 6 aromatic rings. The third kappa shape index (κ3) is 16.5. The van der Waals surface area contributed by atoms with Crippen molar-refractivity contribution >= 4 is 100 Å². The van der Waals surface area contributed by atoms with E-state index in [0.717, 1.165) is 26.4 Å². The number of carbonyl (C=O) groups is 8. The fourth-order valence-electron chi connectivity index (χ4n) is 10.2. The molecule has 1 saturated heterocycles. The van der Waals surface area contributed by atoms with Crippen LogP contribution in [-0.4, -0.2) is 118 Å². The van der Waals surface area contributed by atoms with Gasteiger partial charge in [0.2, 0.25) is 29.5 Å². The molecule has 7 rings (SSSR count). The molecule has 1 aliphatic rings. The highest BCUT2D eigenvalue weighted by Gasteiger charge is 2.49. The summed E-state index contributed by atoms with van der Waals surface area (Å²) in [4.78, 5) is 115. The summed E-state index contributed by atoms with van der Waals surface area (Å²) in [6.45, 7) is 11.9. The molecule has 6 amide bonds. The number of carbonyl (C=O) groups excluding carboxylic acids is 7. The molecule has 0 unspecified atom stereocenters. The summed E-state index contributed by atoms with van der Waals surface area (Å²) in [6, 6.07) is 24.7. The molecule has 1 aromatic heterocycles. The number of amides is 6. The van der Waals surface area contributed by atoms with Gasteiger partial charge in [-0.25, -0.2) is 0 Å². The van der Waals surface area contributed by atoms with E-state index in [-0.39, 0.29) is 69.0 Å². The number of hydrogen-bond acceptors (Lipinski definition) is 12. The van der Waals surface area contributed by atoms with Crippen LogP contribution in [0.25, 0.3) is 31.6 Å². The minimum atomic E-state index is -4.38. The van der Waals surface area contributed by atoms with Crippen molar-refractivity contribution < 1.29 is 61.2 Å². The van der Waals surface area contributed by atoms with Gasteiger partial charge in [-0.15, -0.1) is 11.3 Å². The molecule has 7 N–H and O–H groups in total. The first-order valence-corrected chi connectivity index (χ1v) is 29.7. The monoisotopic (exact) mass is 1160 g/mol. The maximum Gasteiger partial charge on any atom is 0.306 e. The average molecular weight is 1160 g/mol. The Labute approximate surface area is 481 Å². The molecule has 82 heavy (non-hydrogen) atoms. The molecule has 0 saturated carbocycles. The Hall–Kier alpha value is -7.75. The average Bonchev–Trinajstić information content (AvgIpc) is 3.02. The van der Waals surface area contributed by atoms with Crippen molar-refractivity contribution in [1.82, 2.24) is 31.5 Å². The van der Waals surface area contributed by atoms with Crippen molar-refractivity contribution in [1.29, 1.82) is 0 Å². The molecule has 0 bridgehead atoms. The van der Waals surface area contributed by atoms with Crippen LogP contribution in [0.4, 0.5) is 0 Å². The second-order valence-electron chi connectivity index (χ2n) is 23.1. The lowest BCUT2D eigenvalue weighted by Gasteiger charge is -2.37. The van der Waals surface area contributed by atoms with Gasteiger partial charge < -0.3 is 41.3 Å². The minimum absolute atomic E-state index is 0.0215. The highest BCUT2D eigenvalue weighted by atomic mass is 32.2. The first kappa shape index (κ1) is 61.9. The van der Waals surface area contributed by atoms with Crippen molar-refractivity contribution in [3.63, 3.8) is 0 Å². The number of thiophene rings is 1. The third-order valence-corrected chi connectivity index (χ3v) is 15.8. The standard InChI is InChI=1S/C61H72N6O13S2/c1-59(2,3)66-55(73)45(21-14-23-50(68)69)62-54(72)48(34-41-35-81-49-22-13-12-18-42(41)49)65-58(76)61(7)30-15-31-67(61)57(75)46(28-29-51(70)80-60(4,5)6)63-53(71)47(32-37-24-26-38(27-25-37)36-82(77,78)79)64-56(74)52-43-19-10-8-16-39(43)33-40-17-9-11-20-44(40)52/h8-13,16-20,22,24-27,33,35,45-48H,14-15,21,23,28-32,34,36H2,1-7H3,(H,62,72)(H,63,71)(H,64,74)(H,65,76)(H,66,73)(H,68,69)(H,77,78,79)/t45-,46-,47-,48-,61-/m0/s1. The van der Waals surface area contributed by atoms with Crippen LogP contribution >= 0.6 is 11.3 Å². The fourth-order valence-corrected chi connectivity index (χ4v) is 11.8. The van der Waals surface area contributed by atoms with E-state index < -0.39 is 104 Å². The number of nitrogens with zero attached hydrogens (tertiary/aromatic N) is 1. The van der Waals surface area contributed by atoms with Crippen molar-refractivity contribution in [2.45, 2.75) is 153 Å². The van der Waals surface area contributed by atoms with E-state index in [0.29, 0.717) is 22.8 Å². The van der Waals surface area contributed by atoms with E-state index in [1.807, 2.05) is 60.0 Å². The molecule has 0 aliphatic carbocycles. The first-order valence-electron chi connectivity index (χ1n) is 27.3. The number of aliphatic carboxylic acids is 1. The fraction of sp³-hybridized carbons (Fsp3) is 0.410. The van der Waals surface area contributed by atoms with Crippen LogP contribution in [-0.2, 0) is 67.0 Å². The van der Waals surface area contributed by atoms with Crippen molar-refractivity contribution in [3.05, 3.63) is 131 Å². The van der Waals surface area contributed by atoms with Gasteiger partial charge in [0.1, 0.15) is 41.1 Å². The van der Waals surface area contributed by atoms with E-state index in [1.54, 1.807) is 84.9 Å². The number of benzene rings is 5. The van der Waals surface area contributed by atoms with Gasteiger partial charge in [0.15, 0.2) is 0 Å². The largest absolute Gasteiger partial charge is 0.481 e. The van der Waals surface area contributed by atoms with Crippen molar-refractivity contribution in [3.8, 4) is 0 Å². The molecular weight excluding hydrogens is 1090 g/mol. The number of nitrogens with one attached hydrogen (secondary N) is 5. The molecule has 2 heterocycles. The summed E-state index contributed by atoms with van der Waals surface area (Å²) in [7, 11) is -4.38. The zero-order valence-corrected chi connectivity index (χ0v) is 48.8. The Balaban J connectivity index is 1.21. The highest BCUT2D eigenvalue weighted by Crippen LogP contribution is 2.33. The lowest BCUT2D eigenvalue weighted by molar-refractivity contribution is -0.155. The smallest absolute Gasteiger partial charge is 0.306 e. The Morgan fingerprint density at radius 3 is 1.85 bits per heavy atom. The van der Waals surface area contributed by atoms with Gasteiger partial charge in [0.05, 0.1) is 5.56 Å². The van der Waals surface area contributed by atoms with Gasteiger partial charge in [-0.2, -0.15) is 8.42 Å². The van der Waals surface area contributed by atoms with Gasteiger partial charge >= 0.3 is 11.9 Å². The number of rotatable bonds is 23. The van der Waals surface area contributed by atoms with Gasteiger partial charge in [-0.05, 0) is 142 Å². The number of esters is 1. The van der Waals surface area contributed by atoms with E-state index in [9.17, 15) is 42.0 Å². The SMILES string of the molecule is CC(C)(C)NC(=O)[C@H](CCCC(=O)O)NC(=O)[C@H](Cc1csc2ccccc12)NC(=O)[C@]1(C)CCCN1C(=O)[C@H](CCC(=O)OC(C)(C)C)NC(=O)[C@H](Cc1ccc(CS(=O)(=O)O)cc1)NC(=O)c1c2ccccc2cc2ccccc12. The third-order valence-electron chi connectivity index (χ3n) is 14.1. The van der Waals surface area contributed by atoms with Crippen LogP contribution in [0.2, 0.25) is 0 Å². The summed E-state index contributed by atoms with van der Waals surface area (Å²) in [5, 5.41) is 29.2. The van der Waals surface area contributed by atoms with Crippen LogP contribution in [0.15, 0.2) is 109 Å². The predicted molar refractivity (Wildman–Crippen MR) is 313 cm³/mol. The Kier molecular flexibility index (Phi) is 19.6. The van der Waals surface area contributed by atoms with Gasteiger partial charge in [-0.1, -0.05) is 91.0 Å². The molecule has 0 spiro atoms. The zero-order valence-electron chi connectivity index (χ0n) is 47.1. The van der Waals surface area contributed by atoms with Crippen LogP contribution in [0.3, 0.4) is 0 Å². The van der Waals surface area contributed by atoms with Crippen molar-refractivity contribution in [2.75, 3.05) is 6.54 Å². The van der Waals surface area contributed by atoms with E-state index >= 15 is 14.4 Å². The number of fused-ring (bicyclic) bond motifs is 3. The molecule has 1 fully saturated rings. The molecule has 5 aromatic carbocycles. The van der Waals surface area contributed by atoms with E-state index in [1.165, 1.54) is 28.4 Å². The van der Waals surface area contributed by atoms with Gasteiger partial charge in [-0.3, -0.25) is 42.9 Å².